The summed E-state index contributed by atoms with van der Waals surface area (Å²) in [5.74, 6) is -0.265. The third-order valence-electron chi connectivity index (χ3n) is 7.34. The fraction of sp³-hybridized carbons (Fsp3) is 0.515. The van der Waals surface area contributed by atoms with Crippen LogP contribution in [0.5, 0.6) is 17.2 Å². The van der Waals surface area contributed by atoms with E-state index < -0.39 is 29.8 Å². The highest BCUT2D eigenvalue weighted by Crippen LogP contribution is 2.28. The number of para-hydroxylation sites is 1. The van der Waals surface area contributed by atoms with Crippen molar-refractivity contribution >= 4 is 23.6 Å². The van der Waals surface area contributed by atoms with Gasteiger partial charge in [0.05, 0.1) is 32.2 Å². The maximum atomic E-state index is 13.4. The van der Waals surface area contributed by atoms with Gasteiger partial charge in [-0.15, -0.1) is 0 Å². The number of carbonyl (C=O) groups is 4. The first-order chi connectivity index (χ1) is 21.0. The van der Waals surface area contributed by atoms with Crippen molar-refractivity contribution in [1.29, 1.82) is 0 Å². The van der Waals surface area contributed by atoms with Crippen molar-refractivity contribution in [2.24, 2.45) is 11.8 Å². The van der Waals surface area contributed by atoms with Gasteiger partial charge in [0.2, 0.25) is 17.7 Å². The van der Waals surface area contributed by atoms with Crippen LogP contribution in [0.4, 0.5) is 0 Å². The van der Waals surface area contributed by atoms with Crippen molar-refractivity contribution in [1.82, 2.24) is 21.3 Å². The highest BCUT2D eigenvalue weighted by molar-refractivity contribution is 6.01. The van der Waals surface area contributed by atoms with Gasteiger partial charge >= 0.3 is 0 Å². The first kappa shape index (κ1) is 34.2. The maximum absolute atomic E-state index is 13.4. The highest BCUT2D eigenvalue weighted by Gasteiger charge is 2.31. The van der Waals surface area contributed by atoms with Gasteiger partial charge in [-0.2, -0.15) is 0 Å². The van der Waals surface area contributed by atoms with E-state index >= 15 is 0 Å². The molecule has 2 aromatic carbocycles. The summed E-state index contributed by atoms with van der Waals surface area (Å²) in [6.45, 7) is 8.21. The Labute approximate surface area is 259 Å². The number of ether oxygens (including phenoxy) is 3. The highest BCUT2D eigenvalue weighted by atomic mass is 16.5. The Morgan fingerprint density at radius 3 is 2.39 bits per heavy atom. The van der Waals surface area contributed by atoms with Crippen molar-refractivity contribution in [3.63, 3.8) is 0 Å². The quantitative estimate of drug-likeness (QED) is 0.303. The van der Waals surface area contributed by atoms with E-state index in [-0.39, 0.29) is 42.4 Å². The minimum absolute atomic E-state index is 0.136. The van der Waals surface area contributed by atoms with Crippen LogP contribution in [0.1, 0.15) is 62.9 Å². The zero-order chi connectivity index (χ0) is 32.2. The Hall–Kier alpha value is -4.28. The molecule has 0 spiro atoms. The Bertz CT molecular complexity index is 1300. The van der Waals surface area contributed by atoms with Crippen LogP contribution in [0, 0.1) is 11.8 Å². The lowest BCUT2D eigenvalue weighted by atomic mass is 10.00. The number of hydrogen-bond acceptors (Lipinski definition) is 7. The number of aryl methyl sites for hydroxylation is 1. The first-order valence-corrected chi connectivity index (χ1v) is 15.1. The molecule has 2 aromatic rings. The summed E-state index contributed by atoms with van der Waals surface area (Å²) in [4.78, 5) is 53.2. The molecule has 0 bridgehead atoms. The molecule has 1 aliphatic heterocycles. The lowest BCUT2D eigenvalue weighted by Gasteiger charge is -2.28. The Morgan fingerprint density at radius 2 is 1.70 bits per heavy atom. The zero-order valence-corrected chi connectivity index (χ0v) is 26.5. The molecule has 0 aliphatic carbocycles. The molecule has 240 valence electrons. The maximum Gasteiger partial charge on any atom is 0.255 e. The van der Waals surface area contributed by atoms with E-state index in [1.165, 1.54) is 0 Å². The molecular weight excluding hydrogens is 564 g/mol. The topological polar surface area (TPSA) is 144 Å². The van der Waals surface area contributed by atoms with Gasteiger partial charge in [0.15, 0.2) is 11.5 Å². The molecule has 1 heterocycles. The standard InChI is InChI=1S/C33H46N4O7/c1-20(2)16-23-19-44-26-12-8-7-11-24(26)31(39)36-25(18-29(38)37-30(21(3)4)33(41)35-23)32(40)34-15-9-10-22-13-14-27(42-5)28(17-22)43-6/h7-8,11-14,17,20-21,23,25,30H,9-10,15-16,18-19H2,1-6H3,(H,34,40)(H,35,41)(H,36,39)(H,37,38)/t23-,25+,30-/m1/s1. The third kappa shape index (κ3) is 9.89. The summed E-state index contributed by atoms with van der Waals surface area (Å²) >= 11 is 0. The molecular formula is C33H46N4O7. The second-order valence-electron chi connectivity index (χ2n) is 11.7. The monoisotopic (exact) mass is 610 g/mol. The summed E-state index contributed by atoms with van der Waals surface area (Å²) in [6.07, 6.45) is 1.57. The van der Waals surface area contributed by atoms with Crippen LogP contribution < -0.4 is 35.5 Å². The van der Waals surface area contributed by atoms with E-state index in [4.69, 9.17) is 14.2 Å². The van der Waals surface area contributed by atoms with Gasteiger partial charge in [0, 0.05) is 6.54 Å². The number of carbonyl (C=O) groups excluding carboxylic acids is 4. The van der Waals surface area contributed by atoms with Crippen molar-refractivity contribution in [2.75, 3.05) is 27.4 Å². The lowest BCUT2D eigenvalue weighted by Crippen LogP contribution is -2.55. The fourth-order valence-electron chi connectivity index (χ4n) is 5.06. The molecule has 44 heavy (non-hydrogen) atoms. The van der Waals surface area contributed by atoms with Crippen LogP contribution in [0.25, 0.3) is 0 Å². The molecule has 3 atom stereocenters. The average molecular weight is 611 g/mol. The summed E-state index contributed by atoms with van der Waals surface area (Å²) in [5.41, 5.74) is 1.23. The largest absolute Gasteiger partial charge is 0.493 e. The number of rotatable bonds is 10. The number of fused-ring (bicyclic) bond motifs is 1. The Balaban J connectivity index is 1.78. The molecule has 1 aliphatic rings. The van der Waals surface area contributed by atoms with Gasteiger partial charge in [-0.3, -0.25) is 19.2 Å². The van der Waals surface area contributed by atoms with Crippen LogP contribution >= 0.6 is 0 Å². The van der Waals surface area contributed by atoms with E-state index in [0.29, 0.717) is 43.1 Å². The van der Waals surface area contributed by atoms with Gasteiger partial charge < -0.3 is 35.5 Å². The zero-order valence-electron chi connectivity index (χ0n) is 26.5. The number of hydrogen-bond donors (Lipinski definition) is 4. The molecule has 0 saturated carbocycles. The number of amides is 4. The SMILES string of the molecule is COc1ccc(CCCNC(=O)[C@@H]2CC(=O)N[C@H](C(C)C)C(=O)N[C@H](CC(C)C)COc3ccccc3C(=O)N2)cc1OC. The second-order valence-corrected chi connectivity index (χ2v) is 11.7. The predicted molar refractivity (Wildman–Crippen MR) is 167 cm³/mol. The molecule has 0 radical (unpaired) electrons. The predicted octanol–water partition coefficient (Wildman–Crippen LogP) is 3.01. The molecule has 0 fully saturated rings. The van der Waals surface area contributed by atoms with E-state index in [2.05, 4.69) is 21.3 Å². The van der Waals surface area contributed by atoms with Gasteiger partial charge in [-0.05, 0) is 60.9 Å². The fourth-order valence-corrected chi connectivity index (χ4v) is 5.06. The molecule has 11 heteroatoms. The Kier molecular flexibility index (Phi) is 12.9. The average Bonchev–Trinajstić information content (AvgIpc) is 2.99. The molecule has 3 rings (SSSR count). The summed E-state index contributed by atoms with van der Waals surface area (Å²) < 4.78 is 16.7. The molecule has 0 aromatic heterocycles. The minimum atomic E-state index is -1.18. The van der Waals surface area contributed by atoms with Gasteiger partial charge in [0.1, 0.15) is 24.4 Å². The molecule has 0 unspecified atom stereocenters. The summed E-state index contributed by atoms with van der Waals surface area (Å²) in [5, 5.41) is 11.4. The summed E-state index contributed by atoms with van der Waals surface area (Å²) in [6, 6.07) is 10.0. The smallest absolute Gasteiger partial charge is 0.255 e. The van der Waals surface area contributed by atoms with Crippen molar-refractivity contribution < 1.29 is 33.4 Å². The van der Waals surface area contributed by atoms with Crippen molar-refractivity contribution in [3.8, 4) is 17.2 Å². The van der Waals surface area contributed by atoms with Crippen LogP contribution in [-0.2, 0) is 20.8 Å². The van der Waals surface area contributed by atoms with Crippen LogP contribution in [0.15, 0.2) is 42.5 Å². The first-order valence-electron chi connectivity index (χ1n) is 15.1. The normalized spacial score (nSPS) is 19.5. The van der Waals surface area contributed by atoms with Crippen molar-refractivity contribution in [2.45, 2.75) is 71.5 Å². The number of nitrogens with one attached hydrogen (secondary N) is 4. The van der Waals surface area contributed by atoms with E-state index in [9.17, 15) is 19.2 Å². The summed E-state index contributed by atoms with van der Waals surface area (Å²) in [7, 11) is 3.15. The van der Waals surface area contributed by atoms with Gasteiger partial charge in [-0.1, -0.05) is 45.9 Å². The van der Waals surface area contributed by atoms with Crippen LogP contribution in [0.3, 0.4) is 0 Å². The second kappa shape index (κ2) is 16.5. The van der Waals surface area contributed by atoms with E-state index in [0.717, 1.165) is 5.56 Å². The van der Waals surface area contributed by atoms with E-state index in [1.54, 1.807) is 38.5 Å². The molecule has 4 amide bonds. The molecule has 4 N–H and O–H groups in total. The molecule has 0 saturated heterocycles. The minimum Gasteiger partial charge on any atom is -0.493 e. The lowest BCUT2D eigenvalue weighted by molar-refractivity contribution is -0.132. The Morgan fingerprint density at radius 1 is 0.977 bits per heavy atom. The van der Waals surface area contributed by atoms with Gasteiger partial charge in [-0.25, -0.2) is 0 Å². The van der Waals surface area contributed by atoms with Gasteiger partial charge in [0.25, 0.3) is 5.91 Å². The number of methoxy groups -OCH3 is 2. The van der Waals surface area contributed by atoms with Crippen LogP contribution in [-0.4, -0.2) is 69.1 Å². The molecule has 11 nitrogen and oxygen atoms in total. The van der Waals surface area contributed by atoms with E-state index in [1.807, 2.05) is 45.9 Å². The number of benzene rings is 2. The van der Waals surface area contributed by atoms with Crippen molar-refractivity contribution in [3.05, 3.63) is 53.6 Å². The van der Waals surface area contributed by atoms with Crippen LogP contribution in [0.2, 0.25) is 0 Å². The third-order valence-corrected chi connectivity index (χ3v) is 7.34.